The molecule has 2 saturated carbocycles. The quantitative estimate of drug-likeness (QED) is 0.495. The molecule has 1 nitrogen and oxygen atoms in total. The fourth-order valence-electron chi connectivity index (χ4n) is 4.29. The van der Waals surface area contributed by atoms with Crippen molar-refractivity contribution >= 4 is 0 Å². The summed E-state index contributed by atoms with van der Waals surface area (Å²) < 4.78 is 6.02. The van der Waals surface area contributed by atoms with Crippen molar-refractivity contribution in [3.8, 4) is 0 Å². The Hall–Kier alpha value is -0.300. The summed E-state index contributed by atoms with van der Waals surface area (Å²) in [4.78, 5) is 0. The van der Waals surface area contributed by atoms with Crippen molar-refractivity contribution in [2.75, 3.05) is 6.61 Å². The van der Waals surface area contributed by atoms with Gasteiger partial charge in [0.2, 0.25) is 0 Å². The molecule has 1 spiro atoms. The first-order chi connectivity index (χ1) is 5.77. The van der Waals surface area contributed by atoms with Gasteiger partial charge in [-0.2, -0.15) is 0 Å². The van der Waals surface area contributed by atoms with Crippen LogP contribution in [0.4, 0.5) is 0 Å². The fraction of sp³-hybridized carbons (Fsp3) is 0.818. The van der Waals surface area contributed by atoms with E-state index in [1.54, 1.807) is 0 Å². The summed E-state index contributed by atoms with van der Waals surface area (Å²) in [6.07, 6.45) is 7.57. The summed E-state index contributed by atoms with van der Waals surface area (Å²) in [6.45, 7) is 3.47. The molecule has 0 N–H and O–H groups in total. The van der Waals surface area contributed by atoms with Crippen LogP contribution in [0, 0.1) is 23.2 Å². The van der Waals surface area contributed by atoms with Crippen LogP contribution in [-0.4, -0.2) is 12.2 Å². The van der Waals surface area contributed by atoms with Gasteiger partial charge in [-0.1, -0.05) is 19.1 Å². The van der Waals surface area contributed by atoms with Gasteiger partial charge in [0, 0.05) is 18.4 Å². The van der Waals surface area contributed by atoms with Crippen LogP contribution < -0.4 is 0 Å². The van der Waals surface area contributed by atoms with E-state index in [2.05, 4.69) is 19.1 Å². The number of hydrogen-bond donors (Lipinski definition) is 0. The van der Waals surface area contributed by atoms with Gasteiger partial charge in [0.05, 0.1) is 5.60 Å². The molecule has 1 aliphatic heterocycles. The molecule has 1 saturated heterocycles. The van der Waals surface area contributed by atoms with Crippen LogP contribution in [0.3, 0.4) is 0 Å². The van der Waals surface area contributed by atoms with Gasteiger partial charge in [-0.05, 0) is 24.2 Å². The van der Waals surface area contributed by atoms with E-state index < -0.39 is 0 Å². The molecular formula is C11H14O. The SMILES string of the molecule is C[C@]12CCO[C@]34[C@H](C=C[C@@H]13)[C@@H]4C2. The molecule has 0 radical (unpaired) electrons. The lowest BCUT2D eigenvalue weighted by Crippen LogP contribution is -2.39. The van der Waals surface area contributed by atoms with E-state index in [0.717, 1.165) is 24.4 Å². The van der Waals surface area contributed by atoms with Crippen molar-refractivity contribution in [2.45, 2.75) is 25.4 Å². The minimum atomic E-state index is 0.340. The molecule has 2 bridgehead atoms. The van der Waals surface area contributed by atoms with E-state index >= 15 is 0 Å². The maximum atomic E-state index is 6.02. The van der Waals surface area contributed by atoms with E-state index in [0.29, 0.717) is 11.0 Å². The minimum absolute atomic E-state index is 0.340. The van der Waals surface area contributed by atoms with E-state index in [1.807, 2.05) is 0 Å². The van der Waals surface area contributed by atoms with Gasteiger partial charge >= 0.3 is 0 Å². The van der Waals surface area contributed by atoms with E-state index in [4.69, 9.17) is 4.74 Å². The molecule has 0 aromatic rings. The molecule has 3 fully saturated rings. The van der Waals surface area contributed by atoms with Crippen LogP contribution in [0.1, 0.15) is 19.8 Å². The van der Waals surface area contributed by atoms with E-state index in [1.165, 1.54) is 12.8 Å². The number of hydrogen-bond acceptors (Lipinski definition) is 1. The fourth-order valence-corrected chi connectivity index (χ4v) is 4.29. The maximum absolute atomic E-state index is 6.02. The van der Waals surface area contributed by atoms with Gasteiger partial charge in [-0.15, -0.1) is 0 Å². The van der Waals surface area contributed by atoms with Gasteiger partial charge in [0.25, 0.3) is 0 Å². The minimum Gasteiger partial charge on any atom is -0.373 e. The molecule has 0 aromatic heterocycles. The zero-order chi connectivity index (χ0) is 7.97. The summed E-state index contributed by atoms with van der Waals surface area (Å²) in [5.41, 5.74) is 0.944. The smallest absolute Gasteiger partial charge is 0.0850 e. The predicted molar refractivity (Wildman–Crippen MR) is 45.6 cm³/mol. The Bertz CT molecular complexity index is 295. The van der Waals surface area contributed by atoms with Crippen molar-refractivity contribution in [2.24, 2.45) is 23.2 Å². The second kappa shape index (κ2) is 1.41. The van der Waals surface area contributed by atoms with Crippen LogP contribution in [0.15, 0.2) is 12.2 Å². The molecule has 1 heterocycles. The normalized spacial score (nSPS) is 69.9. The van der Waals surface area contributed by atoms with Crippen molar-refractivity contribution in [3.63, 3.8) is 0 Å². The van der Waals surface area contributed by atoms with E-state index in [9.17, 15) is 0 Å². The molecule has 0 aromatic carbocycles. The summed E-state index contributed by atoms with van der Waals surface area (Å²) >= 11 is 0. The summed E-state index contributed by atoms with van der Waals surface area (Å²) in [5.74, 6) is 2.49. The third-order valence-corrected chi connectivity index (χ3v) is 4.88. The molecule has 0 amide bonds. The molecule has 3 aliphatic carbocycles. The lowest BCUT2D eigenvalue weighted by atomic mass is 9.73. The van der Waals surface area contributed by atoms with Gasteiger partial charge in [0.1, 0.15) is 0 Å². The van der Waals surface area contributed by atoms with Crippen molar-refractivity contribution in [3.05, 3.63) is 12.2 Å². The Kier molecular flexibility index (Phi) is 0.730. The molecule has 64 valence electrons. The zero-order valence-electron chi connectivity index (χ0n) is 7.42. The largest absolute Gasteiger partial charge is 0.373 e. The topological polar surface area (TPSA) is 9.23 Å². The highest BCUT2D eigenvalue weighted by molar-refractivity contribution is 5.40. The first kappa shape index (κ1) is 6.20. The van der Waals surface area contributed by atoms with Crippen molar-refractivity contribution < 1.29 is 4.74 Å². The zero-order valence-corrected chi connectivity index (χ0v) is 7.42. The number of ether oxygens (including phenoxy) is 1. The highest BCUT2D eigenvalue weighted by atomic mass is 16.5. The average molecular weight is 162 g/mol. The summed E-state index contributed by atoms with van der Waals surface area (Å²) in [7, 11) is 0. The number of rotatable bonds is 0. The third kappa shape index (κ3) is 0.384. The molecule has 1 heteroatoms. The Morgan fingerprint density at radius 2 is 2.33 bits per heavy atom. The molecule has 5 atom stereocenters. The molecular weight excluding hydrogens is 148 g/mol. The summed E-state index contributed by atoms with van der Waals surface area (Å²) in [5, 5.41) is 0. The van der Waals surface area contributed by atoms with Gasteiger partial charge in [-0.3, -0.25) is 0 Å². The monoisotopic (exact) mass is 162 g/mol. The molecule has 4 rings (SSSR count). The van der Waals surface area contributed by atoms with Crippen LogP contribution in [0.5, 0.6) is 0 Å². The van der Waals surface area contributed by atoms with Crippen LogP contribution in [-0.2, 0) is 4.74 Å². The molecule has 12 heavy (non-hydrogen) atoms. The standard InChI is InChI=1S/C11H14O/c1-10-4-5-12-11-7(8(11)6-10)2-3-9(10)11/h2-3,7-9H,4-6H2,1H3/t7-,8+,9+,10-,11+/m1/s1. The second-order valence-electron chi connectivity index (χ2n) is 5.31. The Balaban J connectivity index is 1.94. The van der Waals surface area contributed by atoms with Crippen LogP contribution in [0.2, 0.25) is 0 Å². The lowest BCUT2D eigenvalue weighted by Gasteiger charge is -2.39. The van der Waals surface area contributed by atoms with Gasteiger partial charge in [0.15, 0.2) is 0 Å². The van der Waals surface area contributed by atoms with E-state index in [-0.39, 0.29) is 0 Å². The molecule has 0 unspecified atom stereocenters. The predicted octanol–water partition coefficient (Wildman–Crippen LogP) is 1.99. The van der Waals surface area contributed by atoms with Gasteiger partial charge in [-0.25, -0.2) is 0 Å². The Morgan fingerprint density at radius 3 is 3.17 bits per heavy atom. The Morgan fingerprint density at radius 1 is 1.42 bits per heavy atom. The van der Waals surface area contributed by atoms with Crippen LogP contribution in [0.25, 0.3) is 0 Å². The first-order valence-corrected chi connectivity index (χ1v) is 5.10. The maximum Gasteiger partial charge on any atom is 0.0850 e. The highest BCUT2D eigenvalue weighted by Crippen LogP contribution is 2.78. The summed E-state index contributed by atoms with van der Waals surface area (Å²) in [6, 6.07) is 0. The number of fused-ring (bicyclic) bond motifs is 1. The molecule has 4 aliphatic rings. The third-order valence-electron chi connectivity index (χ3n) is 4.88. The van der Waals surface area contributed by atoms with Crippen molar-refractivity contribution in [1.29, 1.82) is 0 Å². The van der Waals surface area contributed by atoms with Crippen molar-refractivity contribution in [1.82, 2.24) is 0 Å². The average Bonchev–Trinajstić information content (AvgIpc) is 2.41. The lowest BCUT2D eigenvalue weighted by molar-refractivity contribution is -0.0703. The second-order valence-corrected chi connectivity index (χ2v) is 5.31. The highest BCUT2D eigenvalue weighted by Gasteiger charge is 2.80. The van der Waals surface area contributed by atoms with Gasteiger partial charge < -0.3 is 4.74 Å². The first-order valence-electron chi connectivity index (χ1n) is 5.10. The van der Waals surface area contributed by atoms with Crippen LogP contribution >= 0.6 is 0 Å². The Labute approximate surface area is 72.8 Å².